The van der Waals surface area contributed by atoms with Gasteiger partial charge in [-0.05, 0) is 60.1 Å². The van der Waals surface area contributed by atoms with Crippen LogP contribution in [0.3, 0.4) is 0 Å². The Balaban J connectivity index is 1.64. The number of rotatable bonds is 9. The van der Waals surface area contributed by atoms with Crippen LogP contribution in [0.1, 0.15) is 16.7 Å². The molecule has 0 bridgehead atoms. The third-order valence-electron chi connectivity index (χ3n) is 7.62. The van der Waals surface area contributed by atoms with Crippen LogP contribution in [0.2, 0.25) is 0 Å². The van der Waals surface area contributed by atoms with Crippen LogP contribution in [-0.2, 0) is 19.6 Å². The number of anilines is 1. The number of halogens is 2. The number of fused-ring (bicyclic) bond motifs is 1. The van der Waals surface area contributed by atoms with E-state index >= 15 is 0 Å². The second kappa shape index (κ2) is 12.4. The van der Waals surface area contributed by atoms with Crippen molar-refractivity contribution in [2.45, 2.75) is 19.6 Å². The first kappa shape index (κ1) is 29.2. The highest BCUT2D eigenvalue weighted by molar-refractivity contribution is 7.22. The van der Waals surface area contributed by atoms with Crippen molar-refractivity contribution in [3.8, 4) is 16.1 Å². The van der Waals surface area contributed by atoms with E-state index in [-0.39, 0.29) is 12.1 Å². The second-order valence-corrected chi connectivity index (χ2v) is 11.6. The Labute approximate surface area is 257 Å². The molecule has 1 N–H and O–H groups in total. The first-order valence-electron chi connectivity index (χ1n) is 14.2. The quantitative estimate of drug-likeness (QED) is 0.194. The zero-order chi connectivity index (χ0) is 30.8. The summed E-state index contributed by atoms with van der Waals surface area (Å²) in [6.07, 6.45) is 0. The molecular formula is C35H30F2N4O2S. The third-order valence-corrected chi connectivity index (χ3v) is 8.93. The van der Waals surface area contributed by atoms with Crippen LogP contribution in [0.25, 0.3) is 26.3 Å². The highest BCUT2D eigenvalue weighted by Crippen LogP contribution is 2.38. The normalized spacial score (nSPS) is 11.4. The summed E-state index contributed by atoms with van der Waals surface area (Å²) in [6.45, 7) is 0.649. The number of hydrogen-bond acceptors (Lipinski definition) is 5. The number of benzene rings is 4. The standard InChI is InChI=1S/C35H30F2N4O2S/c1-38-25-18-16-24(17-19-25)32-28(21-39(2)20-23-10-5-3-6-11-23)31-33(42)41(26-12-7-4-8-13-26)35(43)40(34(31)44-32)22-27-29(36)14-9-15-30(27)37/h3-19,38H,20-22H2,1-2H3. The summed E-state index contributed by atoms with van der Waals surface area (Å²) in [5.74, 6) is -1.52. The van der Waals surface area contributed by atoms with Crippen LogP contribution in [0, 0.1) is 11.6 Å². The number of para-hydroxylation sites is 1. The Morgan fingerprint density at radius 2 is 1.41 bits per heavy atom. The Morgan fingerprint density at radius 3 is 2.05 bits per heavy atom. The molecule has 4 aromatic carbocycles. The van der Waals surface area contributed by atoms with Gasteiger partial charge in [0.05, 0.1) is 17.6 Å². The van der Waals surface area contributed by atoms with Crippen molar-refractivity contribution >= 4 is 27.2 Å². The Kier molecular flexibility index (Phi) is 8.23. The molecule has 0 aliphatic carbocycles. The van der Waals surface area contributed by atoms with Crippen molar-refractivity contribution < 1.29 is 8.78 Å². The fourth-order valence-corrected chi connectivity index (χ4v) is 6.75. The summed E-state index contributed by atoms with van der Waals surface area (Å²) in [5.41, 5.74) is 2.65. The van der Waals surface area contributed by atoms with E-state index in [2.05, 4.69) is 10.2 Å². The van der Waals surface area contributed by atoms with Gasteiger partial charge in [0.25, 0.3) is 5.56 Å². The molecule has 6 rings (SSSR count). The summed E-state index contributed by atoms with van der Waals surface area (Å²) in [7, 11) is 3.82. The molecule has 0 amide bonds. The van der Waals surface area contributed by atoms with Crippen LogP contribution >= 0.6 is 11.3 Å². The fraction of sp³-hybridized carbons (Fsp3) is 0.143. The first-order valence-corrected chi connectivity index (χ1v) is 15.0. The number of thiophene rings is 1. The van der Waals surface area contributed by atoms with E-state index in [1.807, 2.05) is 68.7 Å². The molecule has 0 spiro atoms. The lowest BCUT2D eigenvalue weighted by atomic mass is 10.1. The molecule has 0 saturated heterocycles. The third kappa shape index (κ3) is 5.59. The van der Waals surface area contributed by atoms with Crippen molar-refractivity contribution in [2.24, 2.45) is 0 Å². The molecule has 9 heteroatoms. The highest BCUT2D eigenvalue weighted by Gasteiger charge is 2.25. The molecule has 0 unspecified atom stereocenters. The minimum Gasteiger partial charge on any atom is -0.388 e. The number of aromatic nitrogens is 2. The molecule has 0 radical (unpaired) electrons. The molecular weight excluding hydrogens is 578 g/mol. The van der Waals surface area contributed by atoms with E-state index in [0.717, 1.165) is 31.8 Å². The van der Waals surface area contributed by atoms with E-state index in [4.69, 9.17) is 0 Å². The topological polar surface area (TPSA) is 59.3 Å². The summed E-state index contributed by atoms with van der Waals surface area (Å²) < 4.78 is 32.3. The predicted octanol–water partition coefficient (Wildman–Crippen LogP) is 6.88. The largest absolute Gasteiger partial charge is 0.388 e. The maximum Gasteiger partial charge on any atom is 0.337 e. The minimum absolute atomic E-state index is 0.245. The zero-order valence-corrected chi connectivity index (χ0v) is 25.1. The Bertz CT molecular complexity index is 2030. The van der Waals surface area contributed by atoms with Crippen molar-refractivity contribution in [1.82, 2.24) is 14.0 Å². The Morgan fingerprint density at radius 1 is 0.773 bits per heavy atom. The number of nitrogens with zero attached hydrogens (tertiary/aromatic N) is 3. The van der Waals surface area contributed by atoms with Gasteiger partial charge in [0.15, 0.2) is 0 Å². The number of nitrogens with one attached hydrogen (secondary N) is 1. The van der Waals surface area contributed by atoms with Crippen LogP contribution in [0.5, 0.6) is 0 Å². The molecule has 0 atom stereocenters. The van der Waals surface area contributed by atoms with Gasteiger partial charge in [-0.1, -0.05) is 66.7 Å². The van der Waals surface area contributed by atoms with Gasteiger partial charge in [0, 0.05) is 36.3 Å². The average Bonchev–Trinajstić information content (AvgIpc) is 3.40. The summed E-state index contributed by atoms with van der Waals surface area (Å²) >= 11 is 1.29. The second-order valence-electron chi connectivity index (χ2n) is 10.6. The van der Waals surface area contributed by atoms with Gasteiger partial charge < -0.3 is 5.32 Å². The van der Waals surface area contributed by atoms with E-state index in [1.165, 1.54) is 34.1 Å². The summed E-state index contributed by atoms with van der Waals surface area (Å²) in [5, 5.41) is 3.47. The summed E-state index contributed by atoms with van der Waals surface area (Å²) in [6, 6.07) is 30.1. The average molecular weight is 609 g/mol. The van der Waals surface area contributed by atoms with Crippen LogP contribution < -0.4 is 16.6 Å². The lowest BCUT2D eigenvalue weighted by molar-refractivity contribution is 0.321. The van der Waals surface area contributed by atoms with E-state index in [1.54, 1.807) is 30.3 Å². The van der Waals surface area contributed by atoms with Crippen LogP contribution in [-0.4, -0.2) is 28.1 Å². The SMILES string of the molecule is CNc1ccc(-c2sc3c(c2CN(C)Cc2ccccc2)c(=O)n(-c2ccccc2)c(=O)n3Cc2c(F)cccc2F)cc1. The zero-order valence-electron chi connectivity index (χ0n) is 24.3. The van der Waals surface area contributed by atoms with E-state index in [0.29, 0.717) is 29.0 Å². The van der Waals surface area contributed by atoms with E-state index < -0.39 is 22.9 Å². The van der Waals surface area contributed by atoms with Crippen molar-refractivity contribution in [3.63, 3.8) is 0 Å². The van der Waals surface area contributed by atoms with Crippen molar-refractivity contribution in [2.75, 3.05) is 19.4 Å². The van der Waals surface area contributed by atoms with Gasteiger partial charge in [-0.15, -0.1) is 11.3 Å². The van der Waals surface area contributed by atoms with Gasteiger partial charge >= 0.3 is 5.69 Å². The predicted molar refractivity (Wildman–Crippen MR) is 174 cm³/mol. The molecule has 0 fully saturated rings. The molecule has 2 aromatic heterocycles. The van der Waals surface area contributed by atoms with Crippen molar-refractivity contribution in [3.05, 3.63) is 152 Å². The molecule has 2 heterocycles. The lowest BCUT2D eigenvalue weighted by Crippen LogP contribution is -2.39. The first-order chi connectivity index (χ1) is 21.4. The molecule has 0 saturated carbocycles. The monoisotopic (exact) mass is 608 g/mol. The van der Waals surface area contributed by atoms with Gasteiger partial charge in [0.1, 0.15) is 16.5 Å². The smallest absolute Gasteiger partial charge is 0.337 e. The molecule has 6 aromatic rings. The minimum atomic E-state index is -0.759. The van der Waals surface area contributed by atoms with Crippen molar-refractivity contribution in [1.29, 1.82) is 0 Å². The number of hydrogen-bond donors (Lipinski definition) is 1. The Hall–Kier alpha value is -4.86. The molecule has 6 nitrogen and oxygen atoms in total. The maximum absolute atomic E-state index is 14.9. The molecule has 0 aliphatic heterocycles. The fourth-order valence-electron chi connectivity index (χ4n) is 5.45. The maximum atomic E-state index is 14.9. The van der Waals surface area contributed by atoms with E-state index in [9.17, 15) is 18.4 Å². The summed E-state index contributed by atoms with van der Waals surface area (Å²) in [4.78, 5) is 31.8. The molecule has 0 aliphatic rings. The van der Waals surface area contributed by atoms with Gasteiger partial charge in [-0.3, -0.25) is 14.3 Å². The van der Waals surface area contributed by atoms with Crippen LogP contribution in [0.4, 0.5) is 14.5 Å². The lowest BCUT2D eigenvalue weighted by Gasteiger charge is -2.18. The van der Waals surface area contributed by atoms with Gasteiger partial charge in [-0.2, -0.15) is 0 Å². The molecule has 44 heavy (non-hydrogen) atoms. The van der Waals surface area contributed by atoms with Crippen LogP contribution in [0.15, 0.2) is 113 Å². The highest BCUT2D eigenvalue weighted by atomic mass is 32.1. The molecule has 222 valence electrons. The van der Waals surface area contributed by atoms with Gasteiger partial charge in [-0.25, -0.2) is 18.1 Å². The van der Waals surface area contributed by atoms with Gasteiger partial charge in [0.2, 0.25) is 0 Å².